The van der Waals surface area contributed by atoms with Crippen LogP contribution in [0.2, 0.25) is 0 Å². The molecule has 2 aromatic carbocycles. The van der Waals surface area contributed by atoms with E-state index in [1.165, 1.54) is 30.3 Å². The molecule has 1 heterocycles. The molecule has 0 fully saturated rings. The SMILES string of the molecule is C[N+](C)(C)CCON=CCCCNC(=S)Nc1ccc(-c2c3ccc(=O)cc-3oc3cc(O)ccc23)c(C(=O)O)c1. The van der Waals surface area contributed by atoms with Crippen LogP contribution >= 0.6 is 12.2 Å². The molecule has 2 aliphatic rings. The third kappa shape index (κ3) is 7.80. The van der Waals surface area contributed by atoms with Crippen LogP contribution in [-0.2, 0) is 4.84 Å². The molecule has 4 rings (SSSR count). The summed E-state index contributed by atoms with van der Waals surface area (Å²) in [6, 6.07) is 13.9. The Balaban J connectivity index is 1.47. The zero-order valence-electron chi connectivity index (χ0n) is 23.1. The topological polar surface area (TPSA) is 133 Å². The number of nitrogens with one attached hydrogen (secondary N) is 2. The second kappa shape index (κ2) is 12.8. The van der Waals surface area contributed by atoms with Crippen LogP contribution in [0.5, 0.6) is 5.75 Å². The van der Waals surface area contributed by atoms with E-state index < -0.39 is 5.97 Å². The van der Waals surface area contributed by atoms with Gasteiger partial charge in [-0.1, -0.05) is 11.2 Å². The van der Waals surface area contributed by atoms with E-state index in [1.807, 2.05) is 0 Å². The Kier molecular flexibility index (Phi) is 9.21. The third-order valence-electron chi connectivity index (χ3n) is 6.25. The summed E-state index contributed by atoms with van der Waals surface area (Å²) in [5.74, 6) is -0.859. The Morgan fingerprint density at radius 2 is 1.88 bits per heavy atom. The highest BCUT2D eigenvalue weighted by Crippen LogP contribution is 2.42. The molecule has 1 aliphatic carbocycles. The van der Waals surface area contributed by atoms with Crippen molar-refractivity contribution in [2.24, 2.45) is 5.16 Å². The Hall–Kier alpha value is -4.48. The minimum atomic E-state index is -1.13. The van der Waals surface area contributed by atoms with Gasteiger partial charge in [0, 0.05) is 47.1 Å². The zero-order valence-corrected chi connectivity index (χ0v) is 24.0. The number of unbranched alkanes of at least 4 members (excludes halogenated alkanes) is 1. The number of hydrogen-bond acceptors (Lipinski definition) is 7. The van der Waals surface area contributed by atoms with Gasteiger partial charge in [-0.3, -0.25) is 4.79 Å². The van der Waals surface area contributed by atoms with Gasteiger partial charge < -0.3 is 34.6 Å². The quantitative estimate of drug-likeness (QED) is 0.0498. The molecule has 0 saturated heterocycles. The maximum atomic E-state index is 12.4. The van der Waals surface area contributed by atoms with Crippen molar-refractivity contribution >= 4 is 46.2 Å². The number of phenols is 1. The molecular weight excluding hydrogens is 544 g/mol. The van der Waals surface area contributed by atoms with Crippen molar-refractivity contribution in [3.8, 4) is 28.2 Å². The highest BCUT2D eigenvalue weighted by molar-refractivity contribution is 7.80. The lowest BCUT2D eigenvalue weighted by Gasteiger charge is -2.22. The predicted molar refractivity (Wildman–Crippen MR) is 164 cm³/mol. The van der Waals surface area contributed by atoms with Gasteiger partial charge in [0.2, 0.25) is 0 Å². The normalized spacial score (nSPS) is 11.7. The molecule has 0 saturated carbocycles. The number of rotatable bonds is 11. The van der Waals surface area contributed by atoms with E-state index in [0.29, 0.717) is 58.0 Å². The molecule has 0 radical (unpaired) electrons. The standard InChI is InChI=1S/C30H32N4O6S/c1-34(2,3)14-15-39-32-13-5-4-12-31-30(41)33-19-6-9-22(25(16-19)29(37)38)28-23-10-7-20(35)17-26(23)40-27-18-21(36)8-11-24(27)28/h6-11,13,16-18H,4-5,12,14-15H2,1-3H3,(H3-,31,33,35,36,37,38,41)/p+1. The van der Waals surface area contributed by atoms with E-state index >= 15 is 0 Å². The number of anilines is 1. The van der Waals surface area contributed by atoms with Crippen molar-refractivity contribution in [3.05, 3.63) is 70.4 Å². The van der Waals surface area contributed by atoms with Crippen LogP contribution in [0.3, 0.4) is 0 Å². The largest absolute Gasteiger partial charge is 0.508 e. The lowest BCUT2D eigenvalue weighted by atomic mass is 9.90. The van der Waals surface area contributed by atoms with Gasteiger partial charge in [0.25, 0.3) is 0 Å². The number of carbonyl (C=O) groups is 1. The molecule has 0 bridgehead atoms. The smallest absolute Gasteiger partial charge is 0.336 e. The fourth-order valence-corrected chi connectivity index (χ4v) is 4.43. The average Bonchev–Trinajstić information content (AvgIpc) is 2.90. The Bertz CT molecular complexity index is 1630. The van der Waals surface area contributed by atoms with Crippen molar-refractivity contribution < 1.29 is 28.7 Å². The summed E-state index contributed by atoms with van der Waals surface area (Å²) < 4.78 is 6.69. The first kappa shape index (κ1) is 29.5. The summed E-state index contributed by atoms with van der Waals surface area (Å²) in [5, 5.41) is 31.2. The summed E-state index contributed by atoms with van der Waals surface area (Å²) in [5.41, 5.74) is 2.20. The van der Waals surface area contributed by atoms with Gasteiger partial charge in [-0.25, -0.2) is 4.79 Å². The highest BCUT2D eigenvalue weighted by Gasteiger charge is 2.22. The van der Waals surface area contributed by atoms with Crippen molar-refractivity contribution in [2.75, 3.05) is 46.2 Å². The van der Waals surface area contributed by atoms with Gasteiger partial charge in [-0.2, -0.15) is 0 Å². The van der Waals surface area contributed by atoms with Crippen molar-refractivity contribution in [3.63, 3.8) is 0 Å². The van der Waals surface area contributed by atoms with Crippen LogP contribution in [0.4, 0.5) is 5.69 Å². The molecule has 11 heteroatoms. The number of carboxylic acid groups (broad SMARTS) is 1. The van der Waals surface area contributed by atoms with Gasteiger partial charge >= 0.3 is 5.97 Å². The van der Waals surface area contributed by atoms with Crippen LogP contribution < -0.4 is 16.1 Å². The van der Waals surface area contributed by atoms with Crippen LogP contribution in [0.1, 0.15) is 23.2 Å². The van der Waals surface area contributed by atoms with Crippen LogP contribution in [-0.4, -0.2) is 72.8 Å². The van der Waals surface area contributed by atoms with E-state index in [9.17, 15) is 19.8 Å². The van der Waals surface area contributed by atoms with Gasteiger partial charge in [0.1, 0.15) is 23.6 Å². The number of likely N-dealkylation sites (N-methyl/N-ethyl adjacent to an activating group) is 1. The average molecular weight is 578 g/mol. The van der Waals surface area contributed by atoms with E-state index in [1.54, 1.807) is 30.5 Å². The second-order valence-corrected chi connectivity index (χ2v) is 10.9. The van der Waals surface area contributed by atoms with Crippen molar-refractivity contribution in [1.82, 2.24) is 5.32 Å². The van der Waals surface area contributed by atoms with Crippen molar-refractivity contribution in [2.45, 2.75) is 12.8 Å². The minimum Gasteiger partial charge on any atom is -0.508 e. The summed E-state index contributed by atoms with van der Waals surface area (Å²) in [6.45, 7) is 2.02. The molecule has 0 aromatic heterocycles. The van der Waals surface area contributed by atoms with Gasteiger partial charge in [-0.15, -0.1) is 0 Å². The molecule has 0 atom stereocenters. The Labute approximate surface area is 242 Å². The van der Waals surface area contributed by atoms with E-state index in [2.05, 4.69) is 36.9 Å². The number of quaternary nitrogens is 1. The highest BCUT2D eigenvalue weighted by atomic mass is 32.1. The summed E-state index contributed by atoms with van der Waals surface area (Å²) in [4.78, 5) is 29.7. The molecule has 10 nitrogen and oxygen atoms in total. The lowest BCUT2D eigenvalue weighted by molar-refractivity contribution is -0.870. The number of phenolic OH excluding ortho intramolecular Hbond substituents is 1. The Morgan fingerprint density at radius 3 is 2.63 bits per heavy atom. The molecule has 41 heavy (non-hydrogen) atoms. The molecule has 2 aromatic rings. The second-order valence-electron chi connectivity index (χ2n) is 10.5. The summed E-state index contributed by atoms with van der Waals surface area (Å²) >= 11 is 5.40. The first-order valence-corrected chi connectivity index (χ1v) is 13.5. The number of benzene rings is 3. The van der Waals surface area contributed by atoms with E-state index in [4.69, 9.17) is 21.5 Å². The lowest BCUT2D eigenvalue weighted by Crippen LogP contribution is -2.37. The predicted octanol–water partition coefficient (Wildman–Crippen LogP) is 4.74. The fourth-order valence-electron chi connectivity index (χ4n) is 4.21. The molecule has 4 N–H and O–H groups in total. The number of aromatic hydroxyl groups is 1. The van der Waals surface area contributed by atoms with Gasteiger partial charge in [-0.05, 0) is 67.0 Å². The fraction of sp³-hybridized carbons (Fsp3) is 0.267. The first-order chi connectivity index (χ1) is 19.5. The molecule has 214 valence electrons. The van der Waals surface area contributed by atoms with E-state index in [0.717, 1.165) is 17.4 Å². The Morgan fingerprint density at radius 1 is 1.10 bits per heavy atom. The van der Waals surface area contributed by atoms with Gasteiger partial charge in [0.05, 0.1) is 26.7 Å². The third-order valence-corrected chi connectivity index (χ3v) is 6.50. The molecule has 0 spiro atoms. The summed E-state index contributed by atoms with van der Waals surface area (Å²) in [6.07, 6.45) is 3.23. The zero-order chi connectivity index (χ0) is 29.6. The monoisotopic (exact) mass is 577 g/mol. The molecule has 0 amide bonds. The van der Waals surface area contributed by atoms with Crippen LogP contribution in [0.25, 0.3) is 33.4 Å². The number of fused-ring (bicyclic) bond motifs is 2. The molecule has 1 aliphatic heterocycles. The maximum Gasteiger partial charge on any atom is 0.336 e. The van der Waals surface area contributed by atoms with E-state index in [-0.39, 0.29) is 22.5 Å². The number of thiocarbonyl (C=S) groups is 1. The van der Waals surface area contributed by atoms with Gasteiger partial charge in [0.15, 0.2) is 17.1 Å². The summed E-state index contributed by atoms with van der Waals surface area (Å²) in [7, 11) is 6.27. The molecular formula is C30H33N4O6S+. The van der Waals surface area contributed by atoms with Crippen LogP contribution in [0.15, 0.2) is 69.0 Å². The molecule has 0 unspecified atom stereocenters. The minimum absolute atomic E-state index is 0.0139. The number of nitrogens with zero attached hydrogens (tertiary/aromatic N) is 2. The maximum absolute atomic E-state index is 12.4. The number of oxime groups is 1. The van der Waals surface area contributed by atoms with Crippen molar-refractivity contribution in [1.29, 1.82) is 0 Å². The number of aromatic carboxylic acids is 1. The number of hydrogen-bond donors (Lipinski definition) is 4. The first-order valence-electron chi connectivity index (χ1n) is 13.1. The number of carboxylic acids is 1. The van der Waals surface area contributed by atoms with Crippen LogP contribution in [0, 0.1) is 0 Å².